The van der Waals surface area contributed by atoms with Crippen molar-refractivity contribution in [2.45, 2.75) is 6.92 Å². The maximum atomic E-state index is 11.6. The van der Waals surface area contributed by atoms with Gasteiger partial charge in [0.25, 0.3) is 11.5 Å². The van der Waals surface area contributed by atoms with Crippen LogP contribution in [0.25, 0.3) is 0 Å². The lowest BCUT2D eigenvalue weighted by molar-refractivity contribution is -0.119. The van der Waals surface area contributed by atoms with Gasteiger partial charge in [0.05, 0.1) is 12.3 Å². The van der Waals surface area contributed by atoms with Crippen molar-refractivity contribution in [3.05, 3.63) is 56.7 Å². The Balaban J connectivity index is 1.91. The summed E-state index contributed by atoms with van der Waals surface area (Å²) in [7, 11) is 0. The number of benzene rings is 1. The minimum atomic E-state index is -0.719. The summed E-state index contributed by atoms with van der Waals surface area (Å²) in [6, 6.07) is 9.35. The molecule has 1 aromatic carbocycles. The van der Waals surface area contributed by atoms with E-state index in [9.17, 15) is 14.4 Å². The fraction of sp³-hybridized carbons (Fsp3) is 0.154. The second-order valence-electron chi connectivity index (χ2n) is 4.31. The van der Waals surface area contributed by atoms with E-state index in [4.69, 9.17) is 0 Å². The number of anilines is 1. The fourth-order valence-corrected chi connectivity index (χ4v) is 1.56. The molecule has 0 aliphatic rings. The van der Waals surface area contributed by atoms with Crippen LogP contribution >= 0.6 is 0 Å². The number of hydrogen-bond acceptors (Lipinski definition) is 6. The van der Waals surface area contributed by atoms with Crippen molar-refractivity contribution in [2.75, 3.05) is 11.9 Å². The first-order valence-corrected chi connectivity index (χ1v) is 6.37. The third-order valence-corrected chi connectivity index (χ3v) is 2.67. The largest absolute Gasteiger partial charge is 0.355 e. The minimum Gasteiger partial charge on any atom is -0.355 e. The number of H-pyrrole nitrogens is 2. The number of aromatic amines is 2. The summed E-state index contributed by atoms with van der Waals surface area (Å²) in [5.41, 5.74) is 2.46. The van der Waals surface area contributed by atoms with Crippen molar-refractivity contribution in [3.63, 3.8) is 0 Å². The van der Waals surface area contributed by atoms with Crippen molar-refractivity contribution >= 4 is 17.4 Å². The van der Waals surface area contributed by atoms with E-state index in [1.807, 2.05) is 35.3 Å². The van der Waals surface area contributed by atoms with Crippen molar-refractivity contribution in [1.82, 2.24) is 20.6 Å². The molecule has 22 heavy (non-hydrogen) atoms. The molecule has 0 unspecified atom stereocenters. The SMILES string of the molecule is C/C(=N/NC(=O)CNc1n[nH]c(=O)[nH]c1=O)c1ccccc1. The Kier molecular flexibility index (Phi) is 4.81. The fourth-order valence-electron chi connectivity index (χ4n) is 1.56. The van der Waals surface area contributed by atoms with Crippen LogP contribution in [-0.4, -0.2) is 33.3 Å². The molecule has 0 saturated heterocycles. The number of hydrazone groups is 1. The summed E-state index contributed by atoms with van der Waals surface area (Å²) in [4.78, 5) is 35.8. The van der Waals surface area contributed by atoms with Crippen LogP contribution in [0.2, 0.25) is 0 Å². The van der Waals surface area contributed by atoms with Gasteiger partial charge in [-0.3, -0.25) is 14.6 Å². The predicted molar refractivity (Wildman–Crippen MR) is 80.8 cm³/mol. The summed E-state index contributed by atoms with van der Waals surface area (Å²) in [5, 5.41) is 12.0. The van der Waals surface area contributed by atoms with Crippen molar-refractivity contribution < 1.29 is 4.79 Å². The second kappa shape index (κ2) is 6.97. The van der Waals surface area contributed by atoms with Gasteiger partial charge in [-0.05, 0) is 12.5 Å². The van der Waals surface area contributed by atoms with Gasteiger partial charge in [-0.25, -0.2) is 15.3 Å². The molecule has 2 aromatic rings. The lowest BCUT2D eigenvalue weighted by atomic mass is 10.1. The molecule has 0 aliphatic heterocycles. The Bertz CT molecular complexity index is 793. The second-order valence-corrected chi connectivity index (χ2v) is 4.31. The van der Waals surface area contributed by atoms with E-state index in [0.717, 1.165) is 5.56 Å². The Morgan fingerprint density at radius 1 is 1.27 bits per heavy atom. The first kappa shape index (κ1) is 15.2. The number of carbonyl (C=O) groups excluding carboxylic acids is 1. The number of rotatable bonds is 5. The van der Waals surface area contributed by atoms with Gasteiger partial charge in [0.2, 0.25) is 5.82 Å². The van der Waals surface area contributed by atoms with Crippen LogP contribution in [0.1, 0.15) is 12.5 Å². The molecule has 4 N–H and O–H groups in total. The van der Waals surface area contributed by atoms with Crippen molar-refractivity contribution in [1.29, 1.82) is 0 Å². The van der Waals surface area contributed by atoms with E-state index >= 15 is 0 Å². The Morgan fingerprint density at radius 2 is 2.00 bits per heavy atom. The number of aromatic nitrogens is 3. The van der Waals surface area contributed by atoms with E-state index in [2.05, 4.69) is 26.0 Å². The Morgan fingerprint density at radius 3 is 2.68 bits per heavy atom. The first-order valence-electron chi connectivity index (χ1n) is 6.37. The van der Waals surface area contributed by atoms with Gasteiger partial charge in [-0.15, -0.1) is 5.10 Å². The van der Waals surface area contributed by atoms with Crippen LogP contribution in [0.15, 0.2) is 45.0 Å². The molecule has 1 heterocycles. The van der Waals surface area contributed by atoms with E-state index in [0.29, 0.717) is 5.71 Å². The molecule has 2 rings (SSSR count). The van der Waals surface area contributed by atoms with Crippen LogP contribution in [0.3, 0.4) is 0 Å². The molecule has 0 spiro atoms. The number of nitrogens with zero attached hydrogens (tertiary/aromatic N) is 2. The number of carbonyl (C=O) groups is 1. The number of nitrogens with one attached hydrogen (secondary N) is 4. The number of amides is 1. The third kappa shape index (κ3) is 4.13. The van der Waals surface area contributed by atoms with Crippen LogP contribution in [0.5, 0.6) is 0 Å². The van der Waals surface area contributed by atoms with Gasteiger partial charge in [-0.1, -0.05) is 30.3 Å². The van der Waals surface area contributed by atoms with Crippen LogP contribution in [0, 0.1) is 0 Å². The summed E-state index contributed by atoms with van der Waals surface area (Å²) in [6.07, 6.45) is 0. The topological polar surface area (TPSA) is 132 Å². The monoisotopic (exact) mass is 302 g/mol. The first-order chi connectivity index (χ1) is 10.6. The lowest BCUT2D eigenvalue weighted by Crippen LogP contribution is -2.32. The smallest absolute Gasteiger partial charge is 0.342 e. The summed E-state index contributed by atoms with van der Waals surface area (Å²) >= 11 is 0. The normalized spacial score (nSPS) is 11.0. The molecule has 9 nitrogen and oxygen atoms in total. The lowest BCUT2D eigenvalue weighted by Gasteiger charge is -2.04. The van der Waals surface area contributed by atoms with E-state index < -0.39 is 17.2 Å². The average molecular weight is 302 g/mol. The third-order valence-electron chi connectivity index (χ3n) is 2.67. The van der Waals surface area contributed by atoms with Crippen LogP contribution in [0.4, 0.5) is 5.82 Å². The molecule has 1 amide bonds. The highest BCUT2D eigenvalue weighted by molar-refractivity contribution is 5.99. The quantitative estimate of drug-likeness (QED) is 0.433. The van der Waals surface area contributed by atoms with Gasteiger partial charge in [-0.2, -0.15) is 5.10 Å². The maximum absolute atomic E-state index is 11.6. The minimum absolute atomic E-state index is 0.154. The van der Waals surface area contributed by atoms with Gasteiger partial charge < -0.3 is 5.32 Å². The molecule has 0 saturated carbocycles. The Hall–Kier alpha value is -3.23. The molecule has 0 aliphatic carbocycles. The molecule has 1 aromatic heterocycles. The Labute approximate surface area is 124 Å². The zero-order valence-electron chi connectivity index (χ0n) is 11.7. The van der Waals surface area contributed by atoms with Gasteiger partial charge in [0.1, 0.15) is 0 Å². The average Bonchev–Trinajstić information content (AvgIpc) is 2.52. The standard InChI is InChI=1S/C13H14N6O3/c1-8(9-5-3-2-4-6-9)16-17-10(20)7-14-11-12(21)15-13(22)19-18-11/h2-6H,7H2,1H3,(H,14,18)(H,17,20)(H2,15,19,21,22)/b16-8-. The zero-order valence-corrected chi connectivity index (χ0v) is 11.7. The maximum Gasteiger partial charge on any atom is 0.342 e. The molecule has 9 heteroatoms. The molecule has 0 bridgehead atoms. The molecular weight excluding hydrogens is 288 g/mol. The van der Waals surface area contributed by atoms with Crippen LogP contribution < -0.4 is 22.0 Å². The highest BCUT2D eigenvalue weighted by atomic mass is 16.2. The molecule has 114 valence electrons. The van der Waals surface area contributed by atoms with Gasteiger partial charge >= 0.3 is 5.69 Å². The number of hydrogen-bond donors (Lipinski definition) is 4. The van der Waals surface area contributed by atoms with E-state index in [-0.39, 0.29) is 12.4 Å². The predicted octanol–water partition coefficient (Wildman–Crippen LogP) is -0.589. The van der Waals surface area contributed by atoms with E-state index in [1.165, 1.54) is 0 Å². The summed E-state index contributed by atoms with van der Waals surface area (Å²) in [6.45, 7) is 1.55. The summed E-state index contributed by atoms with van der Waals surface area (Å²) in [5.74, 6) is -0.610. The molecule has 0 fully saturated rings. The molecule has 0 radical (unpaired) electrons. The molecule has 0 atom stereocenters. The highest BCUT2D eigenvalue weighted by Gasteiger charge is 2.05. The van der Waals surface area contributed by atoms with Crippen LogP contribution in [-0.2, 0) is 4.79 Å². The van der Waals surface area contributed by atoms with Crippen molar-refractivity contribution in [2.24, 2.45) is 5.10 Å². The van der Waals surface area contributed by atoms with Gasteiger partial charge in [0, 0.05) is 0 Å². The summed E-state index contributed by atoms with van der Waals surface area (Å²) < 4.78 is 0. The zero-order chi connectivity index (χ0) is 15.9. The van der Waals surface area contributed by atoms with Gasteiger partial charge in [0.15, 0.2) is 0 Å². The molecular formula is C13H14N6O3. The van der Waals surface area contributed by atoms with Crippen molar-refractivity contribution in [3.8, 4) is 0 Å². The highest BCUT2D eigenvalue weighted by Crippen LogP contribution is 1.99. The van der Waals surface area contributed by atoms with E-state index in [1.54, 1.807) is 6.92 Å².